The Morgan fingerprint density at radius 2 is 2.00 bits per heavy atom. The Morgan fingerprint density at radius 1 is 1.31 bits per heavy atom. The molecule has 1 aromatic rings. The molecule has 0 saturated carbocycles. The molecule has 0 spiro atoms. The average molecular weight is 242 g/mol. The van der Waals surface area contributed by atoms with Crippen molar-refractivity contribution in [2.45, 2.75) is 19.8 Å². The van der Waals surface area contributed by atoms with Crippen LogP contribution in [0.3, 0.4) is 0 Å². The minimum Gasteiger partial charge on any atom is -0.341 e. The highest BCUT2D eigenvalue weighted by atomic mass is 79.9. The molecule has 0 atom stereocenters. The second-order valence-corrected chi connectivity index (χ2v) is 4.14. The van der Waals surface area contributed by atoms with Gasteiger partial charge in [-0.15, -0.1) is 0 Å². The van der Waals surface area contributed by atoms with E-state index >= 15 is 0 Å². The first-order valence-corrected chi connectivity index (χ1v) is 5.31. The molecule has 2 heterocycles. The third kappa shape index (κ3) is 1.99. The first kappa shape index (κ1) is 8.94. The molecule has 3 nitrogen and oxygen atoms in total. The van der Waals surface area contributed by atoms with Crippen LogP contribution < -0.4 is 4.90 Å². The highest BCUT2D eigenvalue weighted by Gasteiger charge is 2.15. The summed E-state index contributed by atoms with van der Waals surface area (Å²) in [6.07, 6.45) is 2.52. The SMILES string of the molecule is Cc1cc(Br)nc(N2CCCC2)n1. The summed E-state index contributed by atoms with van der Waals surface area (Å²) in [6.45, 7) is 4.18. The molecule has 4 heteroatoms. The molecule has 1 aliphatic rings. The summed E-state index contributed by atoms with van der Waals surface area (Å²) in [5.41, 5.74) is 1.02. The van der Waals surface area contributed by atoms with Crippen molar-refractivity contribution in [1.29, 1.82) is 0 Å². The van der Waals surface area contributed by atoms with Gasteiger partial charge in [0.25, 0.3) is 0 Å². The number of rotatable bonds is 1. The van der Waals surface area contributed by atoms with Gasteiger partial charge in [-0.1, -0.05) is 0 Å². The van der Waals surface area contributed by atoms with Crippen molar-refractivity contribution in [3.05, 3.63) is 16.4 Å². The highest BCUT2D eigenvalue weighted by molar-refractivity contribution is 9.10. The molecule has 0 aromatic carbocycles. The number of halogens is 1. The molecule has 0 unspecified atom stereocenters. The number of hydrogen-bond donors (Lipinski definition) is 0. The molecule has 0 N–H and O–H groups in total. The molecule has 13 heavy (non-hydrogen) atoms. The molecule has 0 amide bonds. The van der Waals surface area contributed by atoms with Gasteiger partial charge in [0.2, 0.25) is 5.95 Å². The van der Waals surface area contributed by atoms with Crippen LogP contribution in [0.2, 0.25) is 0 Å². The third-order valence-corrected chi connectivity index (χ3v) is 2.61. The van der Waals surface area contributed by atoms with Gasteiger partial charge in [-0.05, 0) is 41.8 Å². The summed E-state index contributed by atoms with van der Waals surface area (Å²) in [5.74, 6) is 0.865. The Balaban J connectivity index is 2.28. The number of aromatic nitrogens is 2. The zero-order chi connectivity index (χ0) is 9.26. The molecule has 1 saturated heterocycles. The zero-order valence-electron chi connectivity index (χ0n) is 7.63. The molecule has 0 bridgehead atoms. The molecule has 1 fully saturated rings. The van der Waals surface area contributed by atoms with E-state index in [4.69, 9.17) is 0 Å². The fourth-order valence-electron chi connectivity index (χ4n) is 1.57. The van der Waals surface area contributed by atoms with Gasteiger partial charge in [-0.2, -0.15) is 0 Å². The largest absolute Gasteiger partial charge is 0.341 e. The maximum atomic E-state index is 4.40. The summed E-state index contributed by atoms with van der Waals surface area (Å²) in [5, 5.41) is 0. The quantitative estimate of drug-likeness (QED) is 0.706. The van der Waals surface area contributed by atoms with Gasteiger partial charge in [0.05, 0.1) is 0 Å². The molecule has 1 aliphatic heterocycles. The fraction of sp³-hybridized carbons (Fsp3) is 0.556. The second-order valence-electron chi connectivity index (χ2n) is 3.33. The first-order chi connectivity index (χ1) is 6.25. The lowest BCUT2D eigenvalue weighted by Gasteiger charge is -2.15. The van der Waals surface area contributed by atoms with Crippen molar-refractivity contribution >= 4 is 21.9 Å². The van der Waals surface area contributed by atoms with Crippen LogP contribution in [0.25, 0.3) is 0 Å². The van der Waals surface area contributed by atoms with Crippen LogP contribution in [0.4, 0.5) is 5.95 Å². The topological polar surface area (TPSA) is 29.0 Å². The van der Waals surface area contributed by atoms with Crippen LogP contribution in [0.15, 0.2) is 10.7 Å². The predicted molar refractivity (Wildman–Crippen MR) is 55.9 cm³/mol. The van der Waals surface area contributed by atoms with Gasteiger partial charge >= 0.3 is 0 Å². The summed E-state index contributed by atoms with van der Waals surface area (Å²) in [7, 11) is 0. The molecule has 0 aliphatic carbocycles. The van der Waals surface area contributed by atoms with Crippen molar-refractivity contribution in [1.82, 2.24) is 9.97 Å². The van der Waals surface area contributed by atoms with Gasteiger partial charge in [-0.3, -0.25) is 0 Å². The van der Waals surface area contributed by atoms with E-state index in [1.807, 2.05) is 13.0 Å². The molecular formula is C9H12BrN3. The van der Waals surface area contributed by atoms with Crippen LogP contribution in [0.5, 0.6) is 0 Å². The molecule has 0 radical (unpaired) electrons. The molecular weight excluding hydrogens is 230 g/mol. The van der Waals surface area contributed by atoms with E-state index < -0.39 is 0 Å². The number of anilines is 1. The highest BCUT2D eigenvalue weighted by Crippen LogP contribution is 2.18. The van der Waals surface area contributed by atoms with Crippen LogP contribution in [-0.4, -0.2) is 23.1 Å². The second kappa shape index (κ2) is 3.62. The predicted octanol–water partition coefficient (Wildman–Crippen LogP) is 2.15. The van der Waals surface area contributed by atoms with Crippen molar-refractivity contribution < 1.29 is 0 Å². The van der Waals surface area contributed by atoms with Crippen LogP contribution in [0, 0.1) is 6.92 Å². The smallest absolute Gasteiger partial charge is 0.226 e. The maximum Gasteiger partial charge on any atom is 0.226 e. The summed E-state index contributed by atoms with van der Waals surface area (Å²) < 4.78 is 0.877. The number of aryl methyl sites for hydroxylation is 1. The van der Waals surface area contributed by atoms with Gasteiger partial charge < -0.3 is 4.90 Å². The lowest BCUT2D eigenvalue weighted by molar-refractivity contribution is 0.883. The van der Waals surface area contributed by atoms with Crippen molar-refractivity contribution in [2.24, 2.45) is 0 Å². The monoisotopic (exact) mass is 241 g/mol. The van der Waals surface area contributed by atoms with Crippen LogP contribution >= 0.6 is 15.9 Å². The standard InChI is InChI=1S/C9H12BrN3/c1-7-6-8(10)12-9(11-7)13-4-2-3-5-13/h6H,2-5H2,1H3. The van der Waals surface area contributed by atoms with Gasteiger partial charge in [0.15, 0.2) is 0 Å². The Morgan fingerprint density at radius 3 is 2.62 bits per heavy atom. The van der Waals surface area contributed by atoms with Gasteiger partial charge in [0.1, 0.15) is 4.60 Å². The van der Waals surface area contributed by atoms with Gasteiger partial charge in [0, 0.05) is 18.8 Å². The molecule has 1 aromatic heterocycles. The summed E-state index contributed by atoms with van der Waals surface area (Å²) in [4.78, 5) is 11.0. The van der Waals surface area contributed by atoms with E-state index in [9.17, 15) is 0 Å². The van der Waals surface area contributed by atoms with Crippen LogP contribution in [0.1, 0.15) is 18.5 Å². The maximum absolute atomic E-state index is 4.40. The fourth-order valence-corrected chi connectivity index (χ4v) is 2.06. The Hall–Kier alpha value is -0.640. The zero-order valence-corrected chi connectivity index (χ0v) is 9.21. The molecule has 70 valence electrons. The Kier molecular flexibility index (Phi) is 2.49. The van der Waals surface area contributed by atoms with Crippen LogP contribution in [-0.2, 0) is 0 Å². The summed E-state index contributed by atoms with van der Waals surface area (Å²) >= 11 is 3.38. The van der Waals surface area contributed by atoms with E-state index in [1.54, 1.807) is 0 Å². The third-order valence-electron chi connectivity index (χ3n) is 2.20. The van der Waals surface area contributed by atoms with E-state index in [1.165, 1.54) is 12.8 Å². The van der Waals surface area contributed by atoms with E-state index in [2.05, 4.69) is 30.8 Å². The minimum atomic E-state index is 0.865. The normalized spacial score (nSPS) is 16.6. The lowest BCUT2D eigenvalue weighted by atomic mass is 10.4. The lowest BCUT2D eigenvalue weighted by Crippen LogP contribution is -2.20. The van der Waals surface area contributed by atoms with E-state index in [0.717, 1.165) is 29.3 Å². The van der Waals surface area contributed by atoms with E-state index in [0.29, 0.717) is 0 Å². The van der Waals surface area contributed by atoms with Crippen molar-refractivity contribution in [2.75, 3.05) is 18.0 Å². The van der Waals surface area contributed by atoms with Gasteiger partial charge in [-0.25, -0.2) is 9.97 Å². The van der Waals surface area contributed by atoms with Crippen molar-refractivity contribution in [3.63, 3.8) is 0 Å². The Bertz CT molecular complexity index is 287. The Labute approximate surface area is 86.3 Å². The van der Waals surface area contributed by atoms with E-state index in [-0.39, 0.29) is 0 Å². The number of nitrogens with zero attached hydrogens (tertiary/aromatic N) is 3. The average Bonchev–Trinajstić information content (AvgIpc) is 2.53. The van der Waals surface area contributed by atoms with Crippen molar-refractivity contribution in [3.8, 4) is 0 Å². The molecule has 2 rings (SSSR count). The minimum absolute atomic E-state index is 0.865. The number of hydrogen-bond acceptors (Lipinski definition) is 3. The first-order valence-electron chi connectivity index (χ1n) is 4.52. The summed E-state index contributed by atoms with van der Waals surface area (Å²) in [6, 6.07) is 1.93.